The summed E-state index contributed by atoms with van der Waals surface area (Å²) in [6, 6.07) is 18.6. The van der Waals surface area contributed by atoms with Crippen LogP contribution in [-0.2, 0) is 13.2 Å². The van der Waals surface area contributed by atoms with Crippen LogP contribution in [0.25, 0.3) is 5.65 Å². The second-order valence-corrected chi connectivity index (χ2v) is 9.25. The van der Waals surface area contributed by atoms with Gasteiger partial charge in [0, 0.05) is 43.2 Å². The maximum absolute atomic E-state index is 12.6. The number of benzene rings is 2. The van der Waals surface area contributed by atoms with Gasteiger partial charge in [-0.3, -0.25) is 9.59 Å². The third-order valence-corrected chi connectivity index (χ3v) is 6.45. The molecule has 2 aromatic carbocycles. The molecule has 0 bridgehead atoms. The summed E-state index contributed by atoms with van der Waals surface area (Å²) in [4.78, 5) is 31.7. The summed E-state index contributed by atoms with van der Waals surface area (Å²) in [5.74, 6) is 0.600. The molecule has 7 nitrogen and oxygen atoms in total. The number of aryl methyl sites for hydroxylation is 1. The molecule has 36 heavy (non-hydrogen) atoms. The van der Waals surface area contributed by atoms with Gasteiger partial charge in [0.2, 0.25) is 0 Å². The number of hydrogen-bond donors (Lipinski definition) is 1. The van der Waals surface area contributed by atoms with Gasteiger partial charge in [-0.25, -0.2) is 4.98 Å². The molecule has 2 amide bonds. The van der Waals surface area contributed by atoms with E-state index in [4.69, 9.17) is 4.74 Å². The van der Waals surface area contributed by atoms with E-state index in [1.54, 1.807) is 24.3 Å². The van der Waals surface area contributed by atoms with Crippen LogP contribution in [0.2, 0.25) is 0 Å². The van der Waals surface area contributed by atoms with Crippen molar-refractivity contribution in [1.82, 2.24) is 19.6 Å². The number of carbonyl (C=O) groups excluding carboxylic acids is 2. The Morgan fingerprint density at radius 1 is 0.889 bits per heavy atom. The van der Waals surface area contributed by atoms with E-state index in [0.29, 0.717) is 30.0 Å². The third-order valence-electron chi connectivity index (χ3n) is 6.45. The molecule has 1 saturated heterocycles. The fraction of sp³-hybridized carbons (Fsp3) is 0.276. The summed E-state index contributed by atoms with van der Waals surface area (Å²) in [7, 11) is 0. The van der Waals surface area contributed by atoms with Gasteiger partial charge in [0.25, 0.3) is 11.8 Å². The summed E-state index contributed by atoms with van der Waals surface area (Å²) < 4.78 is 7.84. The van der Waals surface area contributed by atoms with Crippen molar-refractivity contribution in [3.8, 4) is 5.75 Å². The van der Waals surface area contributed by atoms with E-state index in [1.165, 1.54) is 12.0 Å². The molecule has 184 valence electrons. The molecule has 1 N–H and O–H groups in total. The number of pyridine rings is 1. The van der Waals surface area contributed by atoms with Gasteiger partial charge < -0.3 is 19.4 Å². The molecule has 0 radical (unpaired) electrons. The van der Waals surface area contributed by atoms with E-state index >= 15 is 0 Å². The smallest absolute Gasteiger partial charge is 0.253 e. The first-order valence-corrected chi connectivity index (χ1v) is 12.4. The van der Waals surface area contributed by atoms with Crippen molar-refractivity contribution in [2.75, 3.05) is 13.1 Å². The number of imidazole rings is 1. The van der Waals surface area contributed by atoms with Crippen LogP contribution in [0.5, 0.6) is 5.75 Å². The Labute approximate surface area is 210 Å². The predicted octanol–water partition coefficient (Wildman–Crippen LogP) is 4.78. The molecule has 0 saturated carbocycles. The monoisotopic (exact) mass is 482 g/mol. The van der Waals surface area contributed by atoms with Crippen molar-refractivity contribution in [2.24, 2.45) is 0 Å². The minimum Gasteiger partial charge on any atom is -0.487 e. The average Bonchev–Trinajstić information content (AvgIpc) is 3.33. The zero-order valence-electron chi connectivity index (χ0n) is 20.4. The van der Waals surface area contributed by atoms with Crippen LogP contribution in [0.3, 0.4) is 0 Å². The molecular formula is C29H30N4O3. The van der Waals surface area contributed by atoms with Crippen molar-refractivity contribution >= 4 is 17.5 Å². The summed E-state index contributed by atoms with van der Waals surface area (Å²) >= 11 is 0. The van der Waals surface area contributed by atoms with E-state index in [2.05, 4.69) is 10.3 Å². The summed E-state index contributed by atoms with van der Waals surface area (Å²) in [6.45, 7) is 4.45. The first-order chi connectivity index (χ1) is 17.5. The van der Waals surface area contributed by atoms with Crippen LogP contribution >= 0.6 is 0 Å². The van der Waals surface area contributed by atoms with E-state index in [-0.39, 0.29) is 11.8 Å². The van der Waals surface area contributed by atoms with Gasteiger partial charge in [-0.2, -0.15) is 0 Å². The molecule has 3 heterocycles. The average molecular weight is 483 g/mol. The van der Waals surface area contributed by atoms with Gasteiger partial charge in [-0.05, 0) is 79.8 Å². The predicted molar refractivity (Wildman–Crippen MR) is 138 cm³/mol. The van der Waals surface area contributed by atoms with Crippen molar-refractivity contribution < 1.29 is 14.3 Å². The third kappa shape index (κ3) is 5.57. The van der Waals surface area contributed by atoms with Gasteiger partial charge in [0.05, 0.1) is 5.69 Å². The topological polar surface area (TPSA) is 75.9 Å². The minimum atomic E-state index is -0.161. The molecule has 4 aromatic rings. The van der Waals surface area contributed by atoms with Gasteiger partial charge in [0.15, 0.2) is 0 Å². The summed E-state index contributed by atoms with van der Waals surface area (Å²) in [5, 5.41) is 2.94. The number of nitrogens with zero attached hydrogens (tertiary/aromatic N) is 3. The largest absolute Gasteiger partial charge is 0.487 e. The van der Waals surface area contributed by atoms with Crippen LogP contribution in [0.1, 0.15) is 56.8 Å². The highest BCUT2D eigenvalue weighted by atomic mass is 16.5. The van der Waals surface area contributed by atoms with Crippen molar-refractivity contribution in [3.63, 3.8) is 0 Å². The molecule has 0 spiro atoms. The SMILES string of the molecule is Cc1ccc2nc(COc3ccc(C(=O)NCc4ccc(C(=O)N5CCCCC5)cc4)cc3)cn2c1. The van der Waals surface area contributed by atoms with E-state index in [9.17, 15) is 9.59 Å². The Morgan fingerprint density at radius 2 is 1.61 bits per heavy atom. The zero-order chi connectivity index (χ0) is 24.9. The summed E-state index contributed by atoms with van der Waals surface area (Å²) in [5.41, 5.74) is 5.09. The van der Waals surface area contributed by atoms with Crippen LogP contribution in [0, 0.1) is 6.92 Å². The Bertz CT molecular complexity index is 1350. The number of fused-ring (bicyclic) bond motifs is 1. The lowest BCUT2D eigenvalue weighted by Crippen LogP contribution is -2.35. The number of nitrogens with one attached hydrogen (secondary N) is 1. The Kier molecular flexibility index (Phi) is 6.98. The second kappa shape index (κ2) is 10.6. The Morgan fingerprint density at radius 3 is 2.36 bits per heavy atom. The molecule has 0 unspecified atom stereocenters. The summed E-state index contributed by atoms with van der Waals surface area (Å²) in [6.07, 6.45) is 7.33. The van der Waals surface area contributed by atoms with Crippen LogP contribution < -0.4 is 10.1 Å². The van der Waals surface area contributed by atoms with Crippen LogP contribution in [0.4, 0.5) is 0 Å². The number of piperidine rings is 1. The van der Waals surface area contributed by atoms with Gasteiger partial charge >= 0.3 is 0 Å². The van der Waals surface area contributed by atoms with Crippen LogP contribution in [0.15, 0.2) is 73.1 Å². The Balaban J connectivity index is 1.11. The first-order valence-electron chi connectivity index (χ1n) is 12.4. The van der Waals surface area contributed by atoms with Crippen molar-refractivity contribution in [3.05, 3.63) is 101 Å². The zero-order valence-corrected chi connectivity index (χ0v) is 20.4. The lowest BCUT2D eigenvalue weighted by atomic mass is 10.1. The molecule has 5 rings (SSSR count). The number of likely N-dealkylation sites (tertiary alicyclic amines) is 1. The minimum absolute atomic E-state index is 0.0869. The second-order valence-electron chi connectivity index (χ2n) is 9.25. The Hall–Kier alpha value is -4.13. The maximum Gasteiger partial charge on any atom is 0.253 e. The first kappa shape index (κ1) is 23.6. The normalized spacial score (nSPS) is 13.5. The van der Waals surface area contributed by atoms with Crippen molar-refractivity contribution in [2.45, 2.75) is 39.3 Å². The van der Waals surface area contributed by atoms with Gasteiger partial charge in [-0.1, -0.05) is 18.2 Å². The number of ether oxygens (including phenoxy) is 1. The molecule has 0 aliphatic carbocycles. The lowest BCUT2D eigenvalue weighted by Gasteiger charge is -2.26. The fourth-order valence-electron chi connectivity index (χ4n) is 4.41. The highest BCUT2D eigenvalue weighted by molar-refractivity contribution is 5.95. The molecule has 2 aromatic heterocycles. The highest BCUT2D eigenvalue weighted by Gasteiger charge is 2.18. The van der Waals surface area contributed by atoms with E-state index < -0.39 is 0 Å². The van der Waals surface area contributed by atoms with Crippen molar-refractivity contribution in [1.29, 1.82) is 0 Å². The number of amides is 2. The quantitative estimate of drug-likeness (QED) is 0.411. The van der Waals surface area contributed by atoms with Gasteiger partial charge in [0.1, 0.15) is 18.0 Å². The van der Waals surface area contributed by atoms with Gasteiger partial charge in [-0.15, -0.1) is 0 Å². The number of hydrogen-bond acceptors (Lipinski definition) is 4. The molecule has 7 heteroatoms. The molecule has 1 fully saturated rings. The number of rotatable bonds is 7. The van der Waals surface area contributed by atoms with E-state index in [1.807, 2.05) is 65.0 Å². The number of carbonyl (C=O) groups is 2. The molecule has 0 atom stereocenters. The molecule has 1 aliphatic heterocycles. The fourth-order valence-corrected chi connectivity index (χ4v) is 4.41. The van der Waals surface area contributed by atoms with E-state index in [0.717, 1.165) is 42.8 Å². The van der Waals surface area contributed by atoms with Crippen LogP contribution in [-0.4, -0.2) is 39.2 Å². The standard InChI is InChI=1S/C29H30N4O3/c1-21-5-14-27-31-25(19-33(27)18-21)20-36-26-12-10-23(11-13-26)28(34)30-17-22-6-8-24(9-7-22)29(35)32-15-3-2-4-16-32/h5-14,18-19H,2-4,15-17,20H2,1H3,(H,30,34). The molecular weight excluding hydrogens is 452 g/mol. The lowest BCUT2D eigenvalue weighted by molar-refractivity contribution is 0.0724. The maximum atomic E-state index is 12.6. The molecule has 1 aliphatic rings. The highest BCUT2D eigenvalue weighted by Crippen LogP contribution is 2.16. The number of aromatic nitrogens is 2.